The monoisotopic (exact) mass is 272 g/mol. The van der Waals surface area contributed by atoms with E-state index in [2.05, 4.69) is 33.4 Å². The zero-order valence-electron chi connectivity index (χ0n) is 10.1. The second-order valence-electron chi connectivity index (χ2n) is 3.95. The Kier molecular flexibility index (Phi) is 3.43. The van der Waals surface area contributed by atoms with E-state index in [9.17, 15) is 0 Å². The summed E-state index contributed by atoms with van der Waals surface area (Å²) in [6.07, 6.45) is 1.80. The van der Waals surface area contributed by atoms with Crippen LogP contribution in [0.15, 0.2) is 46.2 Å². The van der Waals surface area contributed by atoms with Gasteiger partial charge in [0.2, 0.25) is 5.89 Å². The van der Waals surface area contributed by atoms with Crippen LogP contribution in [0.5, 0.6) is 0 Å². The lowest BCUT2D eigenvalue weighted by molar-refractivity contribution is 0.415. The predicted octanol–water partition coefficient (Wildman–Crippen LogP) is 2.37. The molecule has 0 unspecified atom stereocenters. The predicted molar refractivity (Wildman–Crippen MR) is 73.5 cm³/mol. The van der Waals surface area contributed by atoms with Crippen LogP contribution >= 0.6 is 11.8 Å². The largest absolute Gasteiger partial charge is 0.415 e. The molecule has 0 bridgehead atoms. The third kappa shape index (κ3) is 2.59. The fourth-order valence-corrected chi connectivity index (χ4v) is 2.57. The number of rotatable bonds is 4. The van der Waals surface area contributed by atoms with E-state index < -0.39 is 0 Å². The van der Waals surface area contributed by atoms with Gasteiger partial charge in [-0.25, -0.2) is 0 Å². The van der Waals surface area contributed by atoms with Crippen LogP contribution in [0.3, 0.4) is 0 Å². The van der Waals surface area contributed by atoms with Gasteiger partial charge in [-0.1, -0.05) is 36.0 Å². The first-order valence-corrected chi connectivity index (χ1v) is 6.83. The normalized spacial score (nSPS) is 11.0. The van der Waals surface area contributed by atoms with E-state index in [0.717, 1.165) is 22.2 Å². The maximum Gasteiger partial charge on any atom is 0.276 e. The fourth-order valence-electron chi connectivity index (χ4n) is 1.80. The van der Waals surface area contributed by atoms with E-state index >= 15 is 0 Å². The molecule has 1 aromatic carbocycles. The Morgan fingerprint density at radius 1 is 1.16 bits per heavy atom. The summed E-state index contributed by atoms with van der Waals surface area (Å²) in [6.45, 7) is 0.267. The van der Waals surface area contributed by atoms with Crippen molar-refractivity contribution in [2.75, 3.05) is 0 Å². The summed E-state index contributed by atoms with van der Waals surface area (Å²) in [4.78, 5) is 4.41. The number of pyridine rings is 1. The first kappa shape index (κ1) is 12.1. The van der Waals surface area contributed by atoms with Gasteiger partial charge in [0.25, 0.3) is 5.22 Å². The lowest BCUT2D eigenvalue weighted by Crippen LogP contribution is -1.95. The number of nitrogens with zero attached hydrogens (tertiary/aromatic N) is 3. The minimum absolute atomic E-state index is 0.267. The molecule has 6 heteroatoms. The number of nitrogens with two attached hydrogens (primary N) is 1. The van der Waals surface area contributed by atoms with Crippen molar-refractivity contribution >= 4 is 22.7 Å². The van der Waals surface area contributed by atoms with Gasteiger partial charge in [-0.15, -0.1) is 10.2 Å². The number of fused-ring (bicyclic) bond motifs is 1. The molecule has 0 aliphatic heterocycles. The molecule has 0 saturated carbocycles. The average Bonchev–Trinajstić information content (AvgIpc) is 2.93. The summed E-state index contributed by atoms with van der Waals surface area (Å²) in [7, 11) is 0. The van der Waals surface area contributed by atoms with E-state index in [1.54, 1.807) is 6.20 Å². The maximum atomic E-state index is 5.43. The van der Waals surface area contributed by atoms with E-state index in [1.165, 1.54) is 11.8 Å². The molecule has 0 radical (unpaired) electrons. The number of hydrogen-bond donors (Lipinski definition) is 1. The molecular formula is C13H12N4OS. The molecular weight excluding hydrogens is 260 g/mol. The van der Waals surface area contributed by atoms with Crippen LogP contribution in [0.25, 0.3) is 10.9 Å². The van der Waals surface area contributed by atoms with Crippen LogP contribution in [0.4, 0.5) is 0 Å². The summed E-state index contributed by atoms with van der Waals surface area (Å²) in [5, 5.41) is 9.43. The first-order chi connectivity index (χ1) is 9.36. The summed E-state index contributed by atoms with van der Waals surface area (Å²) < 4.78 is 5.36. The fraction of sp³-hybridized carbons (Fsp3) is 0.154. The Hall–Kier alpha value is -1.92. The van der Waals surface area contributed by atoms with Crippen LogP contribution in [-0.2, 0) is 12.3 Å². The number of hydrogen-bond acceptors (Lipinski definition) is 6. The van der Waals surface area contributed by atoms with Gasteiger partial charge in [0.1, 0.15) is 0 Å². The van der Waals surface area contributed by atoms with Crippen LogP contribution in [0.1, 0.15) is 11.5 Å². The molecule has 19 heavy (non-hydrogen) atoms. The molecule has 0 atom stereocenters. The molecule has 3 aromatic rings. The Labute approximate surface area is 114 Å². The highest BCUT2D eigenvalue weighted by Crippen LogP contribution is 2.25. The average molecular weight is 272 g/mol. The van der Waals surface area contributed by atoms with E-state index in [1.807, 2.05) is 12.1 Å². The highest BCUT2D eigenvalue weighted by molar-refractivity contribution is 7.98. The van der Waals surface area contributed by atoms with Crippen molar-refractivity contribution in [1.29, 1.82) is 0 Å². The van der Waals surface area contributed by atoms with Gasteiger partial charge in [-0.3, -0.25) is 4.98 Å². The zero-order chi connectivity index (χ0) is 13.1. The molecule has 2 N–H and O–H groups in total. The molecule has 96 valence electrons. The Morgan fingerprint density at radius 3 is 2.89 bits per heavy atom. The zero-order valence-corrected chi connectivity index (χ0v) is 10.9. The van der Waals surface area contributed by atoms with Gasteiger partial charge in [0.15, 0.2) is 0 Å². The first-order valence-electron chi connectivity index (χ1n) is 5.84. The molecule has 0 aliphatic rings. The van der Waals surface area contributed by atoms with Gasteiger partial charge in [0, 0.05) is 17.3 Å². The van der Waals surface area contributed by atoms with Crippen LogP contribution in [0, 0.1) is 0 Å². The van der Waals surface area contributed by atoms with Crippen LogP contribution in [0.2, 0.25) is 0 Å². The topological polar surface area (TPSA) is 77.8 Å². The van der Waals surface area contributed by atoms with Crippen molar-refractivity contribution in [3.05, 3.63) is 48.0 Å². The molecule has 0 amide bonds. The second kappa shape index (κ2) is 5.38. The highest BCUT2D eigenvalue weighted by atomic mass is 32.2. The molecule has 0 saturated heterocycles. The Balaban J connectivity index is 1.81. The molecule has 5 nitrogen and oxygen atoms in total. The summed E-state index contributed by atoms with van der Waals surface area (Å²) >= 11 is 1.49. The molecule has 0 aliphatic carbocycles. The number of thioether (sulfide) groups is 1. The third-order valence-electron chi connectivity index (χ3n) is 2.69. The summed E-state index contributed by atoms with van der Waals surface area (Å²) in [5.74, 6) is 1.19. The van der Waals surface area contributed by atoms with Crippen molar-refractivity contribution in [2.45, 2.75) is 17.5 Å². The second-order valence-corrected chi connectivity index (χ2v) is 4.87. The summed E-state index contributed by atoms with van der Waals surface area (Å²) in [5.41, 5.74) is 7.59. The van der Waals surface area contributed by atoms with Gasteiger partial charge >= 0.3 is 0 Å². The molecule has 2 aromatic heterocycles. The number of para-hydroxylation sites is 1. The van der Waals surface area contributed by atoms with Crippen molar-refractivity contribution in [2.24, 2.45) is 5.73 Å². The van der Waals surface area contributed by atoms with E-state index in [4.69, 9.17) is 10.2 Å². The number of benzene rings is 1. The molecule has 0 fully saturated rings. The van der Waals surface area contributed by atoms with Crippen molar-refractivity contribution < 1.29 is 4.42 Å². The Morgan fingerprint density at radius 2 is 2.05 bits per heavy atom. The Bertz CT molecular complexity index is 692. The highest BCUT2D eigenvalue weighted by Gasteiger charge is 2.07. The van der Waals surface area contributed by atoms with Gasteiger partial charge in [-0.2, -0.15) is 0 Å². The van der Waals surface area contributed by atoms with E-state index in [-0.39, 0.29) is 6.54 Å². The summed E-state index contributed by atoms with van der Waals surface area (Å²) in [6, 6.07) is 10.1. The quantitative estimate of drug-likeness (QED) is 0.735. The number of aromatic nitrogens is 3. The maximum absolute atomic E-state index is 5.43. The molecule has 0 spiro atoms. The molecule has 3 rings (SSSR count). The minimum atomic E-state index is 0.267. The lowest BCUT2D eigenvalue weighted by Gasteiger charge is -2.03. The van der Waals surface area contributed by atoms with Crippen LogP contribution < -0.4 is 5.73 Å². The lowest BCUT2D eigenvalue weighted by atomic mass is 10.1. The van der Waals surface area contributed by atoms with Crippen molar-refractivity contribution in [1.82, 2.24) is 15.2 Å². The molecule has 2 heterocycles. The minimum Gasteiger partial charge on any atom is -0.415 e. The van der Waals surface area contributed by atoms with Crippen molar-refractivity contribution in [3.8, 4) is 0 Å². The van der Waals surface area contributed by atoms with Gasteiger partial charge in [0.05, 0.1) is 12.1 Å². The van der Waals surface area contributed by atoms with Gasteiger partial charge < -0.3 is 10.2 Å². The van der Waals surface area contributed by atoms with Crippen LogP contribution in [-0.4, -0.2) is 15.2 Å². The van der Waals surface area contributed by atoms with E-state index in [0.29, 0.717) is 11.1 Å². The van der Waals surface area contributed by atoms with Gasteiger partial charge in [-0.05, 0) is 11.6 Å². The SMILES string of the molecule is NCc1nnc(SCc2cccc3cccnc23)o1. The third-order valence-corrected chi connectivity index (χ3v) is 3.56. The smallest absolute Gasteiger partial charge is 0.276 e. The van der Waals surface area contributed by atoms with Crippen molar-refractivity contribution in [3.63, 3.8) is 0 Å². The standard InChI is InChI=1S/C13H12N4OS/c14-7-11-16-17-13(18-11)19-8-10-4-1-3-9-5-2-6-15-12(9)10/h1-6H,7-8,14H2.